The Bertz CT molecular complexity index is 444. The molecule has 1 aromatic rings. The summed E-state index contributed by atoms with van der Waals surface area (Å²) in [5.41, 5.74) is 1.07. The molecule has 0 saturated carbocycles. The van der Waals surface area contributed by atoms with Crippen LogP contribution in [-0.2, 0) is 4.79 Å². The molecule has 1 aromatic carbocycles. The van der Waals surface area contributed by atoms with E-state index in [0.717, 1.165) is 30.9 Å². The average molecular weight is 288 g/mol. The molecule has 1 saturated heterocycles. The Labute approximate surface area is 128 Å². The number of unbranched alkanes of at least 4 members (excludes halogenated alkanes) is 1. The van der Waals surface area contributed by atoms with Gasteiger partial charge in [0.2, 0.25) is 5.91 Å². The fourth-order valence-corrected chi connectivity index (χ4v) is 3.00. The second-order valence-electron chi connectivity index (χ2n) is 6.36. The molecule has 3 heteroatoms. The van der Waals surface area contributed by atoms with Crippen LogP contribution in [0.4, 0.5) is 0 Å². The van der Waals surface area contributed by atoms with E-state index < -0.39 is 0 Å². The van der Waals surface area contributed by atoms with Gasteiger partial charge < -0.3 is 4.90 Å². The molecule has 2 atom stereocenters. The second kappa shape index (κ2) is 7.60. The number of carbonyl (C=O) groups excluding carboxylic acids is 1. The van der Waals surface area contributed by atoms with Crippen molar-refractivity contribution >= 4 is 5.91 Å². The minimum atomic E-state index is -0.166. The van der Waals surface area contributed by atoms with Crippen molar-refractivity contribution in [3.05, 3.63) is 35.9 Å². The monoisotopic (exact) mass is 288 g/mol. The molecule has 21 heavy (non-hydrogen) atoms. The SMILES string of the molecule is CCC1NC(c2ccccc2)C(=O)N1CCCCC(C)C. The summed E-state index contributed by atoms with van der Waals surface area (Å²) < 4.78 is 0. The lowest BCUT2D eigenvalue weighted by molar-refractivity contribution is -0.130. The minimum absolute atomic E-state index is 0.166. The number of nitrogens with one attached hydrogen (secondary N) is 1. The van der Waals surface area contributed by atoms with Gasteiger partial charge in [0.25, 0.3) is 0 Å². The van der Waals surface area contributed by atoms with E-state index in [-0.39, 0.29) is 18.1 Å². The van der Waals surface area contributed by atoms with Crippen LogP contribution in [0.5, 0.6) is 0 Å². The van der Waals surface area contributed by atoms with Gasteiger partial charge in [-0.3, -0.25) is 10.1 Å². The van der Waals surface area contributed by atoms with Crippen LogP contribution in [0.2, 0.25) is 0 Å². The first-order chi connectivity index (χ1) is 10.1. The maximum atomic E-state index is 12.7. The lowest BCUT2D eigenvalue weighted by Gasteiger charge is -2.23. The number of benzene rings is 1. The third-order valence-corrected chi connectivity index (χ3v) is 4.22. The fraction of sp³-hybridized carbons (Fsp3) is 0.611. The molecule has 0 spiro atoms. The Morgan fingerprint density at radius 2 is 1.90 bits per heavy atom. The lowest BCUT2D eigenvalue weighted by Crippen LogP contribution is -2.37. The van der Waals surface area contributed by atoms with Gasteiger partial charge >= 0.3 is 0 Å². The van der Waals surface area contributed by atoms with E-state index in [4.69, 9.17) is 0 Å². The van der Waals surface area contributed by atoms with E-state index >= 15 is 0 Å². The van der Waals surface area contributed by atoms with Gasteiger partial charge in [0, 0.05) is 6.54 Å². The summed E-state index contributed by atoms with van der Waals surface area (Å²) in [7, 11) is 0. The standard InChI is InChI=1S/C18H28N2O/c1-4-16-19-17(15-11-6-5-7-12-15)18(21)20(16)13-9-8-10-14(2)3/h5-7,11-12,14,16-17,19H,4,8-10,13H2,1-3H3. The number of carbonyl (C=O) groups is 1. The van der Waals surface area contributed by atoms with Gasteiger partial charge in [-0.1, -0.05) is 63.9 Å². The van der Waals surface area contributed by atoms with Crippen LogP contribution in [0.1, 0.15) is 58.1 Å². The van der Waals surface area contributed by atoms with Gasteiger partial charge in [-0.25, -0.2) is 0 Å². The van der Waals surface area contributed by atoms with Crippen molar-refractivity contribution in [1.29, 1.82) is 0 Å². The molecule has 116 valence electrons. The summed E-state index contributed by atoms with van der Waals surface area (Å²) >= 11 is 0. The molecular weight excluding hydrogens is 260 g/mol. The molecule has 2 unspecified atom stereocenters. The maximum absolute atomic E-state index is 12.7. The summed E-state index contributed by atoms with van der Waals surface area (Å²) in [6, 6.07) is 9.88. The van der Waals surface area contributed by atoms with Gasteiger partial charge in [-0.15, -0.1) is 0 Å². The van der Waals surface area contributed by atoms with E-state index in [1.165, 1.54) is 12.8 Å². The minimum Gasteiger partial charge on any atom is -0.325 e. The highest BCUT2D eigenvalue weighted by Crippen LogP contribution is 2.25. The molecule has 1 aliphatic heterocycles. The normalized spacial score (nSPS) is 22.3. The summed E-state index contributed by atoms with van der Waals surface area (Å²) in [5.74, 6) is 0.981. The van der Waals surface area contributed by atoms with Crippen molar-refractivity contribution in [3.8, 4) is 0 Å². The highest BCUT2D eigenvalue weighted by atomic mass is 16.2. The van der Waals surface area contributed by atoms with Crippen LogP contribution in [0, 0.1) is 5.92 Å². The van der Waals surface area contributed by atoms with Crippen LogP contribution in [0.3, 0.4) is 0 Å². The average Bonchev–Trinajstić information content (AvgIpc) is 2.81. The van der Waals surface area contributed by atoms with Gasteiger partial charge in [-0.2, -0.15) is 0 Å². The van der Waals surface area contributed by atoms with E-state index in [2.05, 4.69) is 26.1 Å². The highest BCUT2D eigenvalue weighted by molar-refractivity contribution is 5.85. The maximum Gasteiger partial charge on any atom is 0.245 e. The largest absolute Gasteiger partial charge is 0.325 e. The molecule has 0 aromatic heterocycles. The highest BCUT2D eigenvalue weighted by Gasteiger charge is 2.38. The topological polar surface area (TPSA) is 32.3 Å². The van der Waals surface area contributed by atoms with Crippen LogP contribution >= 0.6 is 0 Å². The molecule has 1 N–H and O–H groups in total. The van der Waals surface area contributed by atoms with Crippen molar-refractivity contribution in [2.24, 2.45) is 5.92 Å². The molecule has 1 fully saturated rings. The molecule has 1 aliphatic rings. The predicted molar refractivity (Wildman–Crippen MR) is 86.8 cm³/mol. The Morgan fingerprint density at radius 1 is 1.19 bits per heavy atom. The number of amides is 1. The van der Waals surface area contributed by atoms with Crippen molar-refractivity contribution < 1.29 is 4.79 Å². The number of nitrogens with zero attached hydrogens (tertiary/aromatic N) is 1. The zero-order valence-corrected chi connectivity index (χ0v) is 13.5. The van der Waals surface area contributed by atoms with Crippen LogP contribution < -0.4 is 5.32 Å². The number of rotatable bonds is 7. The van der Waals surface area contributed by atoms with Crippen LogP contribution in [-0.4, -0.2) is 23.5 Å². The number of hydrogen-bond acceptors (Lipinski definition) is 2. The first-order valence-electron chi connectivity index (χ1n) is 8.25. The molecular formula is C18H28N2O. The quantitative estimate of drug-likeness (QED) is 0.776. The van der Waals surface area contributed by atoms with Gasteiger partial charge in [0.15, 0.2) is 0 Å². The van der Waals surface area contributed by atoms with Crippen LogP contribution in [0.15, 0.2) is 30.3 Å². The van der Waals surface area contributed by atoms with Crippen molar-refractivity contribution in [3.63, 3.8) is 0 Å². The van der Waals surface area contributed by atoms with E-state index in [9.17, 15) is 4.79 Å². The van der Waals surface area contributed by atoms with Crippen LogP contribution in [0.25, 0.3) is 0 Å². The Morgan fingerprint density at radius 3 is 2.52 bits per heavy atom. The molecule has 1 heterocycles. The molecule has 0 radical (unpaired) electrons. The molecule has 0 bridgehead atoms. The van der Waals surface area contributed by atoms with E-state index in [0.29, 0.717) is 0 Å². The third kappa shape index (κ3) is 4.07. The first kappa shape index (κ1) is 16.0. The molecule has 1 amide bonds. The van der Waals surface area contributed by atoms with Crippen molar-refractivity contribution in [2.45, 2.75) is 58.7 Å². The van der Waals surface area contributed by atoms with Crippen molar-refractivity contribution in [1.82, 2.24) is 10.2 Å². The molecule has 0 aliphatic carbocycles. The first-order valence-corrected chi connectivity index (χ1v) is 8.25. The summed E-state index contributed by atoms with van der Waals surface area (Å²) in [5, 5.41) is 3.48. The Hall–Kier alpha value is -1.35. The fourth-order valence-electron chi connectivity index (χ4n) is 3.00. The smallest absolute Gasteiger partial charge is 0.245 e. The summed E-state index contributed by atoms with van der Waals surface area (Å²) in [6.07, 6.45) is 4.69. The zero-order valence-electron chi connectivity index (χ0n) is 13.5. The van der Waals surface area contributed by atoms with E-state index in [1.54, 1.807) is 0 Å². The molecule has 2 rings (SSSR count). The second-order valence-corrected chi connectivity index (χ2v) is 6.36. The predicted octanol–water partition coefficient (Wildman–Crippen LogP) is 3.72. The summed E-state index contributed by atoms with van der Waals surface area (Å²) in [6.45, 7) is 7.52. The molecule has 3 nitrogen and oxygen atoms in total. The van der Waals surface area contributed by atoms with E-state index in [1.807, 2.05) is 35.2 Å². The number of hydrogen-bond donors (Lipinski definition) is 1. The Kier molecular flexibility index (Phi) is 5.80. The van der Waals surface area contributed by atoms with Gasteiger partial charge in [0.1, 0.15) is 6.04 Å². The third-order valence-electron chi connectivity index (χ3n) is 4.22. The van der Waals surface area contributed by atoms with Gasteiger partial charge in [-0.05, 0) is 24.3 Å². The Balaban J connectivity index is 1.96. The lowest BCUT2D eigenvalue weighted by atomic mass is 10.1. The zero-order chi connectivity index (χ0) is 15.2. The summed E-state index contributed by atoms with van der Waals surface area (Å²) in [4.78, 5) is 14.7. The van der Waals surface area contributed by atoms with Crippen molar-refractivity contribution in [2.75, 3.05) is 6.54 Å². The van der Waals surface area contributed by atoms with Gasteiger partial charge in [0.05, 0.1) is 6.17 Å².